The van der Waals surface area contributed by atoms with E-state index >= 15 is 0 Å². The summed E-state index contributed by atoms with van der Waals surface area (Å²) in [6.45, 7) is 0. The van der Waals surface area contributed by atoms with Crippen molar-refractivity contribution in [3.8, 4) is 0 Å². The Balaban J connectivity index is 2.39. The molecule has 1 aliphatic heterocycles. The molecule has 1 aromatic carbocycles. The molecule has 0 saturated carbocycles. The summed E-state index contributed by atoms with van der Waals surface area (Å²) in [7, 11) is -4.27. The number of aliphatic hydroxyl groups is 1. The minimum absolute atomic E-state index is 0.0330. The fourth-order valence-electron chi connectivity index (χ4n) is 2.42. The van der Waals surface area contributed by atoms with E-state index in [1.165, 1.54) is 12.4 Å². The van der Waals surface area contributed by atoms with E-state index in [0.717, 1.165) is 12.1 Å². The smallest absolute Gasteiger partial charge is 0.417 e. The third kappa shape index (κ3) is 2.73. The highest BCUT2D eigenvalue weighted by Crippen LogP contribution is 2.43. The van der Waals surface area contributed by atoms with Crippen LogP contribution in [0.25, 0.3) is 10.7 Å². The Hall–Kier alpha value is -2.13. The van der Waals surface area contributed by atoms with Gasteiger partial charge >= 0.3 is 6.18 Å². The summed E-state index contributed by atoms with van der Waals surface area (Å²) in [6, 6.07) is 2.52. The van der Waals surface area contributed by atoms with Crippen LogP contribution < -0.4 is 0 Å². The van der Waals surface area contributed by atoms with E-state index in [1.54, 1.807) is 0 Å². The molecule has 1 N–H and O–H groups in total. The standard InChI is InChI=1S/C14H8ClF3N2O3S/c15-7-1-2-9(14(16,17)18)8(5-7)13-12(21)11-10(6-24(13,22)23)19-3-4-20-11/h1-5,21H,6H2. The molecule has 0 bridgehead atoms. The largest absolute Gasteiger partial charge is 0.504 e. The maximum Gasteiger partial charge on any atom is 0.417 e. The number of hydrogen-bond acceptors (Lipinski definition) is 5. The van der Waals surface area contributed by atoms with Crippen molar-refractivity contribution < 1.29 is 26.7 Å². The summed E-state index contributed by atoms with van der Waals surface area (Å²) < 4.78 is 64.6. The molecule has 0 spiro atoms. The van der Waals surface area contributed by atoms with Crippen LogP contribution in [-0.4, -0.2) is 23.5 Å². The fraction of sp³-hybridized carbons (Fsp3) is 0.143. The van der Waals surface area contributed by atoms with Gasteiger partial charge < -0.3 is 5.11 Å². The molecule has 126 valence electrons. The molecule has 0 radical (unpaired) electrons. The first-order valence-corrected chi connectivity index (χ1v) is 8.47. The van der Waals surface area contributed by atoms with Crippen molar-refractivity contribution in [1.29, 1.82) is 0 Å². The molecular weight excluding hydrogens is 369 g/mol. The zero-order valence-electron chi connectivity index (χ0n) is 11.7. The lowest BCUT2D eigenvalue weighted by Gasteiger charge is -2.21. The van der Waals surface area contributed by atoms with Crippen molar-refractivity contribution in [2.75, 3.05) is 0 Å². The van der Waals surface area contributed by atoms with Gasteiger partial charge in [-0.25, -0.2) is 13.4 Å². The second-order valence-corrected chi connectivity index (χ2v) is 7.34. The third-order valence-corrected chi connectivity index (χ3v) is 5.31. The summed E-state index contributed by atoms with van der Waals surface area (Å²) in [5.41, 5.74) is -2.14. The summed E-state index contributed by atoms with van der Waals surface area (Å²) in [6.07, 6.45) is -2.40. The molecule has 24 heavy (non-hydrogen) atoms. The summed E-state index contributed by atoms with van der Waals surface area (Å²) in [5, 5.41) is 10.2. The molecule has 0 amide bonds. The molecule has 3 rings (SSSR count). The summed E-state index contributed by atoms with van der Waals surface area (Å²) in [4.78, 5) is 6.75. The lowest BCUT2D eigenvalue weighted by atomic mass is 10.0. The lowest BCUT2D eigenvalue weighted by molar-refractivity contribution is -0.137. The van der Waals surface area contributed by atoms with Gasteiger partial charge in [-0.2, -0.15) is 13.2 Å². The first kappa shape index (κ1) is 16.7. The molecule has 5 nitrogen and oxygen atoms in total. The first-order valence-electron chi connectivity index (χ1n) is 6.44. The van der Waals surface area contributed by atoms with Gasteiger partial charge in [-0.3, -0.25) is 4.98 Å². The van der Waals surface area contributed by atoms with Crippen molar-refractivity contribution in [3.05, 3.63) is 58.1 Å². The van der Waals surface area contributed by atoms with Gasteiger partial charge in [0.05, 0.1) is 17.0 Å². The highest BCUT2D eigenvalue weighted by Gasteiger charge is 2.40. The number of benzene rings is 1. The maximum absolute atomic E-state index is 13.2. The zero-order valence-corrected chi connectivity index (χ0v) is 13.2. The summed E-state index contributed by atoms with van der Waals surface area (Å²) in [5.74, 6) is -1.54. The maximum atomic E-state index is 13.2. The van der Waals surface area contributed by atoms with Gasteiger partial charge in [0.15, 0.2) is 15.6 Å². The van der Waals surface area contributed by atoms with Crippen LogP contribution in [0.1, 0.15) is 22.5 Å². The van der Waals surface area contributed by atoms with E-state index in [9.17, 15) is 26.7 Å². The molecule has 0 aliphatic carbocycles. The number of rotatable bonds is 1. The predicted octanol–water partition coefficient (Wildman–Crippen LogP) is 3.46. The van der Waals surface area contributed by atoms with Gasteiger partial charge in [0.1, 0.15) is 10.6 Å². The number of hydrogen-bond donors (Lipinski definition) is 1. The van der Waals surface area contributed by atoms with Gasteiger partial charge in [0.25, 0.3) is 0 Å². The van der Waals surface area contributed by atoms with E-state index in [2.05, 4.69) is 9.97 Å². The Bertz CT molecular complexity index is 971. The van der Waals surface area contributed by atoms with Crippen molar-refractivity contribution in [1.82, 2.24) is 9.97 Å². The van der Waals surface area contributed by atoms with Crippen molar-refractivity contribution in [2.45, 2.75) is 11.9 Å². The third-order valence-electron chi connectivity index (χ3n) is 3.38. The molecule has 10 heteroatoms. The average Bonchev–Trinajstić information content (AvgIpc) is 2.45. The van der Waals surface area contributed by atoms with Crippen LogP contribution >= 0.6 is 11.6 Å². The van der Waals surface area contributed by atoms with Crippen LogP contribution in [0.2, 0.25) is 5.02 Å². The molecule has 2 aromatic rings. The molecule has 0 unspecified atom stereocenters. The Morgan fingerprint density at radius 1 is 1.17 bits per heavy atom. The number of fused-ring (bicyclic) bond motifs is 1. The fourth-order valence-corrected chi connectivity index (χ4v) is 4.21. The lowest BCUT2D eigenvalue weighted by Crippen LogP contribution is -2.20. The minimum atomic E-state index is -4.83. The average molecular weight is 377 g/mol. The second-order valence-electron chi connectivity index (χ2n) is 4.98. The van der Waals surface area contributed by atoms with E-state index in [4.69, 9.17) is 11.6 Å². The number of aromatic nitrogens is 2. The Morgan fingerprint density at radius 2 is 1.83 bits per heavy atom. The molecule has 1 aromatic heterocycles. The minimum Gasteiger partial charge on any atom is -0.504 e. The van der Waals surface area contributed by atoms with E-state index < -0.39 is 43.6 Å². The van der Waals surface area contributed by atoms with Crippen molar-refractivity contribution in [2.24, 2.45) is 0 Å². The quantitative estimate of drug-likeness (QED) is 0.824. The van der Waals surface area contributed by atoms with Gasteiger partial charge in [-0.1, -0.05) is 11.6 Å². The van der Waals surface area contributed by atoms with Crippen LogP contribution in [-0.2, 0) is 21.8 Å². The van der Waals surface area contributed by atoms with E-state index in [1.807, 2.05) is 0 Å². The number of nitrogens with zero attached hydrogens (tertiary/aromatic N) is 2. The number of aliphatic hydroxyl groups excluding tert-OH is 1. The Labute approximate surface area is 139 Å². The molecule has 0 saturated heterocycles. The van der Waals surface area contributed by atoms with Crippen molar-refractivity contribution >= 4 is 32.1 Å². The van der Waals surface area contributed by atoms with Crippen LogP contribution in [0.5, 0.6) is 0 Å². The summed E-state index contributed by atoms with van der Waals surface area (Å²) >= 11 is 5.73. The monoisotopic (exact) mass is 376 g/mol. The van der Waals surface area contributed by atoms with Gasteiger partial charge in [-0.15, -0.1) is 0 Å². The van der Waals surface area contributed by atoms with Crippen LogP contribution in [0, 0.1) is 0 Å². The molecule has 0 atom stereocenters. The van der Waals surface area contributed by atoms with E-state index in [0.29, 0.717) is 6.07 Å². The topological polar surface area (TPSA) is 80.2 Å². The number of sulfone groups is 1. The Kier molecular flexibility index (Phi) is 3.80. The zero-order chi connectivity index (χ0) is 17.7. The molecule has 2 heterocycles. The highest BCUT2D eigenvalue weighted by atomic mass is 35.5. The van der Waals surface area contributed by atoms with Crippen LogP contribution in [0.4, 0.5) is 13.2 Å². The van der Waals surface area contributed by atoms with E-state index in [-0.39, 0.29) is 16.4 Å². The van der Waals surface area contributed by atoms with Crippen LogP contribution in [0.3, 0.4) is 0 Å². The number of halogens is 4. The molecule has 1 aliphatic rings. The normalized spacial score (nSPS) is 16.8. The molecule has 0 fully saturated rings. The van der Waals surface area contributed by atoms with Crippen LogP contribution in [0.15, 0.2) is 30.6 Å². The second kappa shape index (κ2) is 5.45. The predicted molar refractivity (Wildman–Crippen MR) is 80.6 cm³/mol. The highest BCUT2D eigenvalue weighted by molar-refractivity contribution is 8.00. The SMILES string of the molecule is O=S1(=O)Cc2nccnc2C(O)=C1c1cc(Cl)ccc1C(F)(F)F. The molecular formula is C14H8ClF3N2O3S. The Morgan fingerprint density at radius 3 is 2.50 bits per heavy atom. The number of alkyl halides is 3. The van der Waals surface area contributed by atoms with Gasteiger partial charge in [0, 0.05) is 23.0 Å². The van der Waals surface area contributed by atoms with Gasteiger partial charge in [0.2, 0.25) is 0 Å². The van der Waals surface area contributed by atoms with Crippen molar-refractivity contribution in [3.63, 3.8) is 0 Å². The first-order chi connectivity index (χ1) is 11.1. The van der Waals surface area contributed by atoms with Gasteiger partial charge in [-0.05, 0) is 18.2 Å².